The maximum Gasteiger partial charge on any atom is 0.213 e. The number of nitrogens with two attached hydrogens (primary N) is 1. The highest BCUT2D eigenvalue weighted by Crippen LogP contribution is 2.32. The molecule has 2 heterocycles. The molecule has 2 fully saturated rings. The summed E-state index contributed by atoms with van der Waals surface area (Å²) >= 11 is 0. The van der Waals surface area contributed by atoms with Crippen LogP contribution in [0.2, 0.25) is 0 Å². The van der Waals surface area contributed by atoms with E-state index in [4.69, 9.17) is 10.5 Å². The molecule has 0 radical (unpaired) electrons. The third kappa shape index (κ3) is 5.20. The second kappa shape index (κ2) is 9.56. The molecule has 2 aliphatic rings. The quantitative estimate of drug-likeness (QED) is 0.328. The third-order valence-corrected chi connectivity index (χ3v) is 6.47. The molecule has 0 atom stereocenters. The van der Waals surface area contributed by atoms with Crippen LogP contribution in [0.1, 0.15) is 55.7 Å². The van der Waals surface area contributed by atoms with Gasteiger partial charge in [0.2, 0.25) is 6.04 Å². The SMILES string of the molecule is Nc1ncc(-c2cnn(C3CCC([N+](=O)[O-])CC3)c2)cc1OCc1cccc(C#CC2CC2)c1. The number of nitrogens with zero attached hydrogens (tertiary/aromatic N) is 4. The van der Waals surface area contributed by atoms with Crippen molar-refractivity contribution in [1.29, 1.82) is 0 Å². The van der Waals surface area contributed by atoms with Crippen molar-refractivity contribution in [2.45, 2.75) is 57.2 Å². The summed E-state index contributed by atoms with van der Waals surface area (Å²) in [5, 5.41) is 15.5. The van der Waals surface area contributed by atoms with Gasteiger partial charge in [-0.2, -0.15) is 5.10 Å². The fraction of sp³-hybridized carbons (Fsp3) is 0.385. The highest BCUT2D eigenvalue weighted by molar-refractivity contribution is 5.65. The molecule has 0 saturated heterocycles. The highest BCUT2D eigenvalue weighted by atomic mass is 16.6. The molecule has 5 rings (SSSR count). The van der Waals surface area contributed by atoms with Crippen molar-refractivity contribution in [3.8, 4) is 28.7 Å². The van der Waals surface area contributed by atoms with Gasteiger partial charge in [0.25, 0.3) is 0 Å². The van der Waals surface area contributed by atoms with Gasteiger partial charge in [-0.15, -0.1) is 0 Å². The lowest BCUT2D eigenvalue weighted by Gasteiger charge is -2.24. The summed E-state index contributed by atoms with van der Waals surface area (Å²) in [6, 6.07) is 9.67. The van der Waals surface area contributed by atoms with E-state index >= 15 is 0 Å². The van der Waals surface area contributed by atoms with Crippen molar-refractivity contribution in [1.82, 2.24) is 14.8 Å². The first kappa shape index (κ1) is 22.0. The average molecular weight is 458 g/mol. The van der Waals surface area contributed by atoms with Crippen molar-refractivity contribution < 1.29 is 9.66 Å². The molecule has 2 N–H and O–H groups in total. The molecular formula is C26H27N5O3. The number of nitrogen functional groups attached to an aromatic ring is 1. The Labute approximate surface area is 198 Å². The summed E-state index contributed by atoms with van der Waals surface area (Å²) in [6.45, 7) is 0.368. The Balaban J connectivity index is 1.25. The van der Waals surface area contributed by atoms with Crippen molar-refractivity contribution in [3.63, 3.8) is 0 Å². The molecule has 3 aromatic rings. The van der Waals surface area contributed by atoms with Crippen molar-refractivity contribution in [2.24, 2.45) is 5.92 Å². The highest BCUT2D eigenvalue weighted by Gasteiger charge is 2.29. The first-order valence-electron chi connectivity index (χ1n) is 11.7. The number of pyridine rings is 1. The topological polar surface area (TPSA) is 109 Å². The Morgan fingerprint density at radius 1 is 1.12 bits per heavy atom. The number of hydrogen-bond acceptors (Lipinski definition) is 6. The molecular weight excluding hydrogens is 430 g/mol. The van der Waals surface area contributed by atoms with E-state index in [0.717, 1.165) is 35.1 Å². The lowest BCUT2D eigenvalue weighted by molar-refractivity contribution is -0.526. The Kier molecular flexibility index (Phi) is 6.17. The summed E-state index contributed by atoms with van der Waals surface area (Å²) in [7, 11) is 0. The molecule has 0 spiro atoms. The summed E-state index contributed by atoms with van der Waals surface area (Å²) in [4.78, 5) is 15.2. The van der Waals surface area contributed by atoms with Gasteiger partial charge in [-0.3, -0.25) is 14.8 Å². The zero-order valence-electron chi connectivity index (χ0n) is 18.9. The van der Waals surface area contributed by atoms with Crippen LogP contribution < -0.4 is 10.5 Å². The van der Waals surface area contributed by atoms with E-state index in [-0.39, 0.29) is 11.0 Å². The average Bonchev–Trinajstić information content (AvgIpc) is 3.56. The third-order valence-electron chi connectivity index (χ3n) is 6.47. The minimum Gasteiger partial charge on any atom is -0.485 e. The number of rotatable bonds is 6. The van der Waals surface area contributed by atoms with Crippen LogP contribution in [0.4, 0.5) is 5.82 Å². The van der Waals surface area contributed by atoms with Gasteiger partial charge < -0.3 is 10.5 Å². The second-order valence-corrected chi connectivity index (χ2v) is 9.10. The number of hydrogen-bond donors (Lipinski definition) is 1. The maximum atomic E-state index is 11.0. The zero-order chi connectivity index (χ0) is 23.5. The molecule has 0 aliphatic heterocycles. The molecule has 0 bridgehead atoms. The van der Waals surface area contributed by atoms with E-state index in [1.807, 2.05) is 41.2 Å². The Hall–Kier alpha value is -3.86. The van der Waals surface area contributed by atoms with Crippen molar-refractivity contribution in [3.05, 3.63) is 70.2 Å². The molecule has 2 saturated carbocycles. The standard InChI is InChI=1S/C26H27N5O3/c27-26-25(34-17-20-3-1-2-19(12-20)7-6-18-4-5-18)13-21(14-28-26)22-15-29-30(16-22)23-8-10-24(11-9-23)31(32)33/h1-3,12-16,18,23-24H,4-5,8-11,17H2,(H2,27,28). The summed E-state index contributed by atoms with van der Waals surface area (Å²) < 4.78 is 7.92. The van der Waals surface area contributed by atoms with Crippen molar-refractivity contribution >= 4 is 5.82 Å². The largest absolute Gasteiger partial charge is 0.485 e. The second-order valence-electron chi connectivity index (χ2n) is 9.10. The molecule has 34 heavy (non-hydrogen) atoms. The Morgan fingerprint density at radius 3 is 2.71 bits per heavy atom. The van der Waals surface area contributed by atoms with Gasteiger partial charge in [0.1, 0.15) is 6.61 Å². The van der Waals surface area contributed by atoms with E-state index in [1.54, 1.807) is 12.4 Å². The van der Waals surface area contributed by atoms with Gasteiger partial charge in [-0.1, -0.05) is 24.0 Å². The fourth-order valence-electron chi connectivity index (χ4n) is 4.26. The number of aromatic nitrogens is 3. The smallest absolute Gasteiger partial charge is 0.213 e. The maximum absolute atomic E-state index is 11.0. The molecule has 1 aromatic carbocycles. The van der Waals surface area contributed by atoms with Crippen LogP contribution in [0.5, 0.6) is 5.75 Å². The number of benzene rings is 1. The minimum absolute atomic E-state index is 0.163. The van der Waals surface area contributed by atoms with E-state index in [9.17, 15) is 10.1 Å². The molecule has 2 aromatic heterocycles. The van der Waals surface area contributed by atoms with E-state index in [0.29, 0.717) is 36.9 Å². The first-order valence-corrected chi connectivity index (χ1v) is 11.7. The van der Waals surface area contributed by atoms with Gasteiger partial charge in [0.15, 0.2) is 11.6 Å². The number of nitro groups is 1. The lowest BCUT2D eigenvalue weighted by Crippen LogP contribution is -2.27. The molecule has 0 amide bonds. The molecule has 174 valence electrons. The monoisotopic (exact) mass is 457 g/mol. The van der Waals surface area contributed by atoms with Gasteiger partial charge >= 0.3 is 0 Å². The van der Waals surface area contributed by atoms with Gasteiger partial charge in [0, 0.05) is 52.8 Å². The van der Waals surface area contributed by atoms with Crippen LogP contribution in [0.25, 0.3) is 11.1 Å². The molecule has 2 aliphatic carbocycles. The van der Waals surface area contributed by atoms with Crippen LogP contribution in [-0.2, 0) is 6.61 Å². The molecule has 0 unspecified atom stereocenters. The fourth-order valence-corrected chi connectivity index (χ4v) is 4.26. The molecule has 8 nitrogen and oxygen atoms in total. The predicted molar refractivity (Wildman–Crippen MR) is 129 cm³/mol. The van der Waals surface area contributed by atoms with Gasteiger partial charge in [-0.05, 0) is 49.4 Å². The van der Waals surface area contributed by atoms with Crippen LogP contribution in [0, 0.1) is 27.9 Å². The predicted octanol–water partition coefficient (Wildman–Crippen LogP) is 4.63. The van der Waals surface area contributed by atoms with Gasteiger partial charge in [-0.25, -0.2) is 4.98 Å². The summed E-state index contributed by atoms with van der Waals surface area (Å²) in [5.41, 5.74) is 9.85. The lowest BCUT2D eigenvalue weighted by atomic mass is 9.92. The molecule has 8 heteroatoms. The van der Waals surface area contributed by atoms with E-state index in [1.165, 1.54) is 12.8 Å². The van der Waals surface area contributed by atoms with E-state index < -0.39 is 6.04 Å². The minimum atomic E-state index is -0.432. The summed E-state index contributed by atoms with van der Waals surface area (Å²) in [6.07, 6.45) is 10.6. The Morgan fingerprint density at radius 2 is 1.94 bits per heavy atom. The number of ether oxygens (including phenoxy) is 1. The Bertz CT molecular complexity index is 1250. The normalized spacial score (nSPS) is 19.8. The first-order chi connectivity index (χ1) is 16.5. The zero-order valence-corrected chi connectivity index (χ0v) is 18.9. The van der Waals surface area contributed by atoms with E-state index in [2.05, 4.69) is 21.9 Å². The van der Waals surface area contributed by atoms with Crippen LogP contribution in [-0.4, -0.2) is 25.7 Å². The number of anilines is 1. The van der Waals surface area contributed by atoms with Gasteiger partial charge in [0.05, 0.1) is 12.2 Å². The van der Waals surface area contributed by atoms with Crippen LogP contribution in [0.15, 0.2) is 48.9 Å². The van der Waals surface area contributed by atoms with Crippen LogP contribution in [0.3, 0.4) is 0 Å². The van der Waals surface area contributed by atoms with Crippen molar-refractivity contribution in [2.75, 3.05) is 5.73 Å². The van der Waals surface area contributed by atoms with Crippen LogP contribution >= 0.6 is 0 Å². The summed E-state index contributed by atoms with van der Waals surface area (Å²) in [5.74, 6) is 7.94.